The van der Waals surface area contributed by atoms with Gasteiger partial charge in [0.1, 0.15) is 11.9 Å². The molecule has 2 aromatic heterocycles. The SMILES string of the molecule is Cc1cc(C#N)cnc1N1CCc2ncc(/C(C=NC3CCCC3)=C/N)cc2C1. The van der Waals surface area contributed by atoms with Crippen molar-refractivity contribution in [1.82, 2.24) is 9.97 Å². The number of hydrogen-bond donors (Lipinski definition) is 1. The largest absolute Gasteiger partial charge is 0.404 e. The highest BCUT2D eigenvalue weighted by molar-refractivity contribution is 6.09. The number of nitriles is 1. The molecule has 2 aromatic rings. The van der Waals surface area contributed by atoms with Crippen LogP contribution in [0.3, 0.4) is 0 Å². The molecule has 6 nitrogen and oxygen atoms in total. The van der Waals surface area contributed by atoms with Gasteiger partial charge in [-0.25, -0.2) is 4.98 Å². The molecule has 148 valence electrons. The Bertz CT molecular complexity index is 995. The molecule has 0 saturated heterocycles. The number of fused-ring (bicyclic) bond motifs is 1. The molecular formula is C23H26N6. The van der Waals surface area contributed by atoms with Crippen molar-refractivity contribution in [3.8, 4) is 6.07 Å². The van der Waals surface area contributed by atoms with Crippen LogP contribution in [-0.4, -0.2) is 28.8 Å². The van der Waals surface area contributed by atoms with E-state index < -0.39 is 0 Å². The molecule has 1 fully saturated rings. The molecule has 0 bridgehead atoms. The number of nitrogens with zero attached hydrogens (tertiary/aromatic N) is 5. The molecule has 0 aromatic carbocycles. The lowest BCUT2D eigenvalue weighted by molar-refractivity contribution is 0.700. The molecule has 29 heavy (non-hydrogen) atoms. The molecular weight excluding hydrogens is 360 g/mol. The van der Waals surface area contributed by atoms with E-state index >= 15 is 0 Å². The van der Waals surface area contributed by atoms with Gasteiger partial charge in [-0.1, -0.05) is 12.8 Å². The van der Waals surface area contributed by atoms with Gasteiger partial charge in [-0.05, 0) is 43.0 Å². The summed E-state index contributed by atoms with van der Waals surface area (Å²) < 4.78 is 0. The normalized spacial score (nSPS) is 17.5. The Balaban J connectivity index is 1.56. The molecule has 0 spiro atoms. The zero-order valence-electron chi connectivity index (χ0n) is 16.8. The van der Waals surface area contributed by atoms with Crippen molar-refractivity contribution in [3.05, 3.63) is 58.7 Å². The monoisotopic (exact) mass is 386 g/mol. The van der Waals surface area contributed by atoms with E-state index in [0.29, 0.717) is 11.6 Å². The van der Waals surface area contributed by atoms with Crippen molar-refractivity contribution in [1.29, 1.82) is 5.26 Å². The van der Waals surface area contributed by atoms with Crippen molar-refractivity contribution in [2.45, 2.75) is 51.6 Å². The van der Waals surface area contributed by atoms with Crippen molar-refractivity contribution >= 4 is 17.6 Å². The number of pyridine rings is 2. The lowest BCUT2D eigenvalue weighted by Gasteiger charge is -2.30. The van der Waals surface area contributed by atoms with E-state index in [1.807, 2.05) is 25.4 Å². The lowest BCUT2D eigenvalue weighted by Crippen LogP contribution is -2.32. The van der Waals surface area contributed by atoms with Gasteiger partial charge in [-0.15, -0.1) is 0 Å². The fraction of sp³-hybridized carbons (Fsp3) is 0.391. The van der Waals surface area contributed by atoms with E-state index in [9.17, 15) is 0 Å². The first-order valence-electron chi connectivity index (χ1n) is 10.2. The lowest BCUT2D eigenvalue weighted by atomic mass is 10.0. The molecule has 2 N–H and O–H groups in total. The summed E-state index contributed by atoms with van der Waals surface area (Å²) in [4.78, 5) is 16.2. The summed E-state index contributed by atoms with van der Waals surface area (Å²) in [7, 11) is 0. The minimum atomic E-state index is 0.427. The van der Waals surface area contributed by atoms with Crippen LogP contribution in [0.15, 0.2) is 35.7 Å². The van der Waals surface area contributed by atoms with Crippen LogP contribution in [0.2, 0.25) is 0 Å². The molecule has 3 heterocycles. The first kappa shape index (κ1) is 19.1. The van der Waals surface area contributed by atoms with Crippen molar-refractivity contribution < 1.29 is 0 Å². The number of rotatable bonds is 4. The maximum absolute atomic E-state index is 9.07. The molecule has 6 heteroatoms. The summed E-state index contributed by atoms with van der Waals surface area (Å²) in [5, 5.41) is 9.07. The Hall–Kier alpha value is -3.20. The highest BCUT2D eigenvalue weighted by Crippen LogP contribution is 2.27. The Morgan fingerprint density at radius 1 is 1.28 bits per heavy atom. The van der Waals surface area contributed by atoms with Gasteiger partial charge in [-0.3, -0.25) is 9.98 Å². The number of aryl methyl sites for hydroxylation is 1. The molecule has 1 aliphatic heterocycles. The van der Waals surface area contributed by atoms with E-state index in [1.54, 1.807) is 12.4 Å². The van der Waals surface area contributed by atoms with E-state index in [-0.39, 0.29) is 0 Å². The average molecular weight is 387 g/mol. The summed E-state index contributed by atoms with van der Waals surface area (Å²) in [6.45, 7) is 3.61. The van der Waals surface area contributed by atoms with Gasteiger partial charge in [0.15, 0.2) is 0 Å². The van der Waals surface area contributed by atoms with Gasteiger partial charge in [0.05, 0.1) is 5.56 Å². The zero-order valence-corrected chi connectivity index (χ0v) is 16.8. The molecule has 2 aliphatic rings. The molecule has 4 rings (SSSR count). The number of hydrogen-bond acceptors (Lipinski definition) is 6. The predicted molar refractivity (Wildman–Crippen MR) is 116 cm³/mol. The number of allylic oxidation sites excluding steroid dienone is 1. The third-order valence-electron chi connectivity index (χ3n) is 5.78. The van der Waals surface area contributed by atoms with Gasteiger partial charge in [0.2, 0.25) is 0 Å². The second-order valence-electron chi connectivity index (χ2n) is 7.82. The van der Waals surface area contributed by atoms with Gasteiger partial charge < -0.3 is 10.6 Å². The van der Waals surface area contributed by atoms with Crippen LogP contribution in [0.5, 0.6) is 0 Å². The maximum Gasteiger partial charge on any atom is 0.131 e. The number of anilines is 1. The number of aliphatic imine (C=N–C) groups is 1. The Labute approximate surface area is 171 Å². The van der Waals surface area contributed by atoms with Crippen LogP contribution in [0, 0.1) is 18.3 Å². The molecule has 0 unspecified atom stereocenters. The van der Waals surface area contributed by atoms with Gasteiger partial charge in [-0.2, -0.15) is 5.26 Å². The quantitative estimate of drug-likeness (QED) is 0.812. The first-order chi connectivity index (χ1) is 14.2. The minimum absolute atomic E-state index is 0.427. The summed E-state index contributed by atoms with van der Waals surface area (Å²) in [5.41, 5.74) is 11.7. The molecule has 1 aliphatic carbocycles. The summed E-state index contributed by atoms with van der Waals surface area (Å²) in [5.74, 6) is 0.928. The van der Waals surface area contributed by atoms with Gasteiger partial charge in [0.25, 0.3) is 0 Å². The van der Waals surface area contributed by atoms with Crippen LogP contribution in [-0.2, 0) is 13.0 Å². The standard InChI is InChI=1S/C23H26N6/c1-16-8-17(10-24)12-28-23(16)29-7-6-22-19(15-29)9-18(13-27-22)20(11-25)14-26-21-4-2-3-5-21/h8-9,11-14,21H,2-7,15,25H2,1H3/b20-11+,26-14?. The molecule has 0 atom stereocenters. The van der Waals surface area contributed by atoms with Crippen LogP contribution in [0.1, 0.15) is 53.6 Å². The average Bonchev–Trinajstić information content (AvgIpc) is 3.27. The zero-order chi connectivity index (χ0) is 20.2. The van der Waals surface area contributed by atoms with Gasteiger partial charge >= 0.3 is 0 Å². The smallest absolute Gasteiger partial charge is 0.131 e. The third kappa shape index (κ3) is 4.14. The molecule has 0 amide bonds. The predicted octanol–water partition coefficient (Wildman–Crippen LogP) is 3.53. The van der Waals surface area contributed by atoms with Gasteiger partial charge in [0, 0.05) is 67.2 Å². The molecule has 0 radical (unpaired) electrons. The number of aromatic nitrogens is 2. The van der Waals surface area contributed by atoms with Crippen LogP contribution in [0.25, 0.3) is 5.57 Å². The summed E-state index contributed by atoms with van der Waals surface area (Å²) >= 11 is 0. The first-order valence-corrected chi connectivity index (χ1v) is 10.2. The second kappa shape index (κ2) is 8.44. The van der Waals surface area contributed by atoms with Crippen LogP contribution in [0.4, 0.5) is 5.82 Å². The second-order valence-corrected chi connectivity index (χ2v) is 7.82. The van der Waals surface area contributed by atoms with Crippen LogP contribution >= 0.6 is 0 Å². The maximum atomic E-state index is 9.07. The minimum Gasteiger partial charge on any atom is -0.404 e. The van der Waals surface area contributed by atoms with E-state index in [0.717, 1.165) is 47.7 Å². The highest BCUT2D eigenvalue weighted by Gasteiger charge is 2.21. The fourth-order valence-electron chi connectivity index (χ4n) is 4.18. The number of nitrogens with two attached hydrogens (primary N) is 1. The van der Waals surface area contributed by atoms with Crippen molar-refractivity contribution in [2.75, 3.05) is 11.4 Å². The summed E-state index contributed by atoms with van der Waals surface area (Å²) in [6, 6.07) is 6.64. The van der Waals surface area contributed by atoms with Crippen molar-refractivity contribution in [3.63, 3.8) is 0 Å². The Kier molecular flexibility index (Phi) is 5.57. The third-order valence-corrected chi connectivity index (χ3v) is 5.78. The van der Waals surface area contributed by atoms with E-state index in [2.05, 4.69) is 22.0 Å². The summed E-state index contributed by atoms with van der Waals surface area (Å²) in [6.07, 6.45) is 12.8. The molecule has 1 saturated carbocycles. The van der Waals surface area contributed by atoms with E-state index in [4.69, 9.17) is 21.0 Å². The topological polar surface area (TPSA) is 91.2 Å². The van der Waals surface area contributed by atoms with E-state index in [1.165, 1.54) is 31.2 Å². The van der Waals surface area contributed by atoms with Crippen LogP contribution < -0.4 is 10.6 Å². The Morgan fingerprint density at radius 2 is 2.10 bits per heavy atom. The Morgan fingerprint density at radius 3 is 2.83 bits per heavy atom. The van der Waals surface area contributed by atoms with Crippen molar-refractivity contribution in [2.24, 2.45) is 10.7 Å². The fourth-order valence-corrected chi connectivity index (χ4v) is 4.18. The highest BCUT2D eigenvalue weighted by atomic mass is 15.2.